The summed E-state index contributed by atoms with van der Waals surface area (Å²) in [6.07, 6.45) is -1.15. The van der Waals surface area contributed by atoms with Crippen LogP contribution in [0.5, 0.6) is 11.5 Å². The number of sulfonamides is 1. The lowest BCUT2D eigenvalue weighted by Crippen LogP contribution is -2.14. The maximum absolute atomic E-state index is 11.5. The summed E-state index contributed by atoms with van der Waals surface area (Å²) in [6.45, 7) is 0. The fourth-order valence-corrected chi connectivity index (χ4v) is 3.18. The maximum Gasteiger partial charge on any atom is 0.238 e. The SMILES string of the molecule is NS(=O)(=O)c1cccc(NC(O)c2ccccc2Oc2ccccc2Cl)c1. The third-order valence-corrected chi connectivity index (χ3v) is 4.96. The lowest BCUT2D eigenvalue weighted by molar-refractivity contribution is 0.204. The monoisotopic (exact) mass is 404 g/mol. The van der Waals surface area contributed by atoms with Gasteiger partial charge in [0.05, 0.1) is 9.92 Å². The number of aliphatic hydroxyl groups is 1. The quantitative estimate of drug-likeness (QED) is 0.541. The molecule has 0 aliphatic carbocycles. The van der Waals surface area contributed by atoms with Crippen molar-refractivity contribution in [1.82, 2.24) is 0 Å². The number of nitrogens with two attached hydrogens (primary N) is 1. The molecule has 0 heterocycles. The number of nitrogens with one attached hydrogen (secondary N) is 1. The number of halogens is 1. The molecular weight excluding hydrogens is 388 g/mol. The number of anilines is 1. The van der Waals surface area contributed by atoms with Gasteiger partial charge in [0.1, 0.15) is 11.5 Å². The van der Waals surface area contributed by atoms with Gasteiger partial charge in [0.2, 0.25) is 10.0 Å². The van der Waals surface area contributed by atoms with Crippen molar-refractivity contribution in [2.45, 2.75) is 11.1 Å². The minimum atomic E-state index is -3.84. The Morgan fingerprint density at radius 2 is 1.63 bits per heavy atom. The molecule has 0 aliphatic heterocycles. The average molecular weight is 405 g/mol. The van der Waals surface area contributed by atoms with E-state index in [9.17, 15) is 13.5 Å². The molecule has 6 nitrogen and oxygen atoms in total. The number of ether oxygens (including phenoxy) is 1. The first-order chi connectivity index (χ1) is 12.8. The highest BCUT2D eigenvalue weighted by atomic mass is 35.5. The molecule has 3 rings (SSSR count). The van der Waals surface area contributed by atoms with Crippen molar-refractivity contribution >= 4 is 27.3 Å². The zero-order valence-corrected chi connectivity index (χ0v) is 15.6. The van der Waals surface area contributed by atoms with Gasteiger partial charge in [-0.15, -0.1) is 0 Å². The predicted molar refractivity (Wildman–Crippen MR) is 104 cm³/mol. The number of primary sulfonamides is 1. The Kier molecular flexibility index (Phi) is 5.67. The molecule has 0 spiro atoms. The molecule has 4 N–H and O–H groups in total. The minimum absolute atomic E-state index is 0.0553. The van der Waals surface area contributed by atoms with Crippen LogP contribution in [-0.2, 0) is 10.0 Å². The Labute approximate surface area is 162 Å². The van der Waals surface area contributed by atoms with E-state index in [1.54, 1.807) is 54.6 Å². The fraction of sp³-hybridized carbons (Fsp3) is 0.0526. The van der Waals surface area contributed by atoms with Gasteiger partial charge in [0.15, 0.2) is 6.23 Å². The normalized spacial score (nSPS) is 12.4. The zero-order valence-electron chi connectivity index (χ0n) is 14.0. The van der Waals surface area contributed by atoms with Crippen LogP contribution in [0.1, 0.15) is 11.8 Å². The summed E-state index contributed by atoms with van der Waals surface area (Å²) < 4.78 is 28.8. The Hall–Kier alpha value is -2.58. The van der Waals surface area contributed by atoms with Crippen LogP contribution in [0.15, 0.2) is 77.7 Å². The number of rotatable bonds is 6. The van der Waals surface area contributed by atoms with Crippen LogP contribution >= 0.6 is 11.6 Å². The van der Waals surface area contributed by atoms with Crippen LogP contribution in [0, 0.1) is 0 Å². The summed E-state index contributed by atoms with van der Waals surface area (Å²) in [7, 11) is -3.84. The fourth-order valence-electron chi connectivity index (χ4n) is 2.44. The van der Waals surface area contributed by atoms with Crippen LogP contribution in [-0.4, -0.2) is 13.5 Å². The third-order valence-electron chi connectivity index (χ3n) is 3.74. The first kappa shape index (κ1) is 19.2. The number of hydrogen-bond acceptors (Lipinski definition) is 5. The van der Waals surface area contributed by atoms with Crippen molar-refractivity contribution in [3.8, 4) is 11.5 Å². The predicted octanol–water partition coefficient (Wildman–Crippen LogP) is 3.88. The van der Waals surface area contributed by atoms with Gasteiger partial charge >= 0.3 is 0 Å². The van der Waals surface area contributed by atoms with E-state index < -0.39 is 16.3 Å². The molecule has 0 saturated carbocycles. The number of hydrogen-bond donors (Lipinski definition) is 3. The Morgan fingerprint density at radius 3 is 2.33 bits per heavy atom. The lowest BCUT2D eigenvalue weighted by atomic mass is 10.1. The summed E-state index contributed by atoms with van der Waals surface area (Å²) in [5.74, 6) is 0.864. The zero-order chi connectivity index (χ0) is 19.4. The molecule has 0 aliphatic rings. The van der Waals surface area contributed by atoms with Crippen LogP contribution in [0.2, 0.25) is 5.02 Å². The maximum atomic E-state index is 11.5. The summed E-state index contributed by atoms with van der Waals surface area (Å²) in [5, 5.41) is 19.0. The topological polar surface area (TPSA) is 102 Å². The van der Waals surface area contributed by atoms with Crippen molar-refractivity contribution in [2.75, 3.05) is 5.32 Å². The summed E-state index contributed by atoms with van der Waals surface area (Å²) in [4.78, 5) is -0.0553. The largest absolute Gasteiger partial charge is 0.455 e. The minimum Gasteiger partial charge on any atom is -0.455 e. The van der Waals surface area contributed by atoms with Gasteiger partial charge in [-0.2, -0.15) is 0 Å². The molecule has 27 heavy (non-hydrogen) atoms. The molecule has 0 saturated heterocycles. The van der Waals surface area contributed by atoms with Gasteiger partial charge < -0.3 is 15.2 Å². The van der Waals surface area contributed by atoms with Gasteiger partial charge in [-0.3, -0.25) is 0 Å². The van der Waals surface area contributed by atoms with Gasteiger partial charge in [-0.25, -0.2) is 13.6 Å². The van der Waals surface area contributed by atoms with E-state index in [4.69, 9.17) is 21.5 Å². The number of aliphatic hydroxyl groups excluding tert-OH is 1. The molecule has 0 fully saturated rings. The standard InChI is InChI=1S/C19H17ClN2O4S/c20-16-9-2-4-11-18(16)26-17-10-3-1-8-15(17)19(23)22-13-6-5-7-14(12-13)27(21,24)25/h1-12,19,22-23H,(H2,21,24,25). The van der Waals surface area contributed by atoms with Crippen molar-refractivity contribution in [2.24, 2.45) is 5.14 Å². The van der Waals surface area contributed by atoms with Crippen molar-refractivity contribution in [3.05, 3.63) is 83.4 Å². The Bertz CT molecular complexity index is 1060. The second-order valence-corrected chi connectivity index (χ2v) is 7.66. The second kappa shape index (κ2) is 7.98. The highest BCUT2D eigenvalue weighted by Crippen LogP contribution is 2.33. The van der Waals surface area contributed by atoms with Crippen LogP contribution in [0.4, 0.5) is 5.69 Å². The molecule has 1 atom stereocenters. The van der Waals surface area contributed by atoms with Crippen molar-refractivity contribution in [3.63, 3.8) is 0 Å². The van der Waals surface area contributed by atoms with E-state index >= 15 is 0 Å². The average Bonchev–Trinajstić information content (AvgIpc) is 2.63. The summed E-state index contributed by atoms with van der Waals surface area (Å²) >= 11 is 6.12. The van der Waals surface area contributed by atoms with E-state index in [0.717, 1.165) is 0 Å². The van der Waals surface area contributed by atoms with E-state index in [1.807, 2.05) is 0 Å². The molecule has 0 bridgehead atoms. The Balaban J connectivity index is 1.86. The van der Waals surface area contributed by atoms with E-state index in [1.165, 1.54) is 18.2 Å². The van der Waals surface area contributed by atoms with Gasteiger partial charge in [0, 0.05) is 11.3 Å². The highest BCUT2D eigenvalue weighted by Gasteiger charge is 2.16. The van der Waals surface area contributed by atoms with Crippen LogP contribution < -0.4 is 15.2 Å². The first-order valence-corrected chi connectivity index (χ1v) is 9.86. The van der Waals surface area contributed by atoms with E-state index in [0.29, 0.717) is 27.8 Å². The summed E-state index contributed by atoms with van der Waals surface area (Å²) in [5.41, 5.74) is 0.847. The molecule has 8 heteroatoms. The van der Waals surface area contributed by atoms with Crippen LogP contribution in [0.3, 0.4) is 0 Å². The van der Waals surface area contributed by atoms with E-state index in [-0.39, 0.29) is 4.90 Å². The second-order valence-electron chi connectivity index (χ2n) is 5.69. The van der Waals surface area contributed by atoms with Crippen LogP contribution in [0.25, 0.3) is 0 Å². The molecule has 3 aromatic rings. The van der Waals surface area contributed by atoms with E-state index in [2.05, 4.69) is 5.32 Å². The summed E-state index contributed by atoms with van der Waals surface area (Å²) in [6, 6.07) is 19.8. The highest BCUT2D eigenvalue weighted by molar-refractivity contribution is 7.89. The Morgan fingerprint density at radius 1 is 0.963 bits per heavy atom. The molecule has 3 aromatic carbocycles. The molecule has 0 amide bonds. The molecule has 140 valence electrons. The molecule has 1 unspecified atom stereocenters. The molecule has 0 radical (unpaired) electrons. The van der Waals surface area contributed by atoms with Gasteiger partial charge in [-0.1, -0.05) is 48.0 Å². The third kappa shape index (κ3) is 4.78. The van der Waals surface area contributed by atoms with Gasteiger partial charge in [-0.05, 0) is 36.4 Å². The number of benzene rings is 3. The smallest absolute Gasteiger partial charge is 0.238 e. The van der Waals surface area contributed by atoms with Gasteiger partial charge in [0.25, 0.3) is 0 Å². The van der Waals surface area contributed by atoms with Crippen molar-refractivity contribution in [1.29, 1.82) is 0 Å². The first-order valence-electron chi connectivity index (χ1n) is 7.93. The molecular formula is C19H17ClN2O4S. The lowest BCUT2D eigenvalue weighted by Gasteiger charge is -2.19. The molecule has 0 aromatic heterocycles. The van der Waals surface area contributed by atoms with Crippen molar-refractivity contribution < 1.29 is 18.3 Å². The number of para-hydroxylation sites is 2.